The van der Waals surface area contributed by atoms with Crippen LogP contribution in [-0.4, -0.2) is 87.6 Å². The van der Waals surface area contributed by atoms with E-state index in [9.17, 15) is 30.3 Å². The molecule has 0 radical (unpaired) electrons. The number of aliphatic hydroxyl groups is 4. The van der Waals surface area contributed by atoms with Crippen molar-refractivity contribution in [3.8, 4) is 0 Å². The largest absolute Gasteiger partial charge is 0.479 e. The molecule has 0 spiro atoms. The second kappa shape index (κ2) is 14.3. The van der Waals surface area contributed by atoms with E-state index in [2.05, 4.69) is 31.4 Å². The quantitative estimate of drug-likeness (QED) is 0.130. The number of carboxylic acid groups (broad SMARTS) is 1. The summed E-state index contributed by atoms with van der Waals surface area (Å²) in [6.07, 6.45) is 8.87. The van der Waals surface area contributed by atoms with Crippen LogP contribution < -0.4 is 16.4 Å². The average Bonchev–Trinajstić information content (AvgIpc) is 3.32. The summed E-state index contributed by atoms with van der Waals surface area (Å²) in [5, 5.41) is 60.8. The Hall–Kier alpha value is -0.810. The zero-order chi connectivity index (χ0) is 31.6. The lowest BCUT2D eigenvalue weighted by atomic mass is 9.43. The van der Waals surface area contributed by atoms with Crippen LogP contribution in [0.2, 0.25) is 0 Å². The molecule has 6 unspecified atom stereocenters. The predicted octanol–water partition coefficient (Wildman–Crippen LogP) is 2.88. The highest BCUT2D eigenvalue weighted by molar-refractivity contribution is 5.77. The van der Waals surface area contributed by atoms with E-state index < -0.39 is 23.8 Å². The van der Waals surface area contributed by atoms with Crippen LogP contribution in [0.5, 0.6) is 0 Å². The lowest BCUT2D eigenvalue weighted by Gasteiger charge is -2.64. The molecule has 0 aromatic carbocycles. The number of hydrogen-bond donors (Lipinski definition) is 8. The molecule has 0 bridgehead atoms. The summed E-state index contributed by atoms with van der Waals surface area (Å²) in [5.41, 5.74) is 3.21. The van der Waals surface area contributed by atoms with Crippen molar-refractivity contribution < 1.29 is 30.3 Å². The van der Waals surface area contributed by atoms with Gasteiger partial charge in [0, 0.05) is 6.04 Å². The predicted molar refractivity (Wildman–Crippen MR) is 168 cm³/mol. The van der Waals surface area contributed by atoms with Crippen LogP contribution in [-0.2, 0) is 4.79 Å². The molecule has 4 saturated carbocycles. The third kappa shape index (κ3) is 6.98. The summed E-state index contributed by atoms with van der Waals surface area (Å²) in [6, 6.07) is 0.492. The van der Waals surface area contributed by atoms with E-state index in [1.54, 1.807) is 0 Å². The first kappa shape index (κ1) is 35.1. The highest BCUT2D eigenvalue weighted by Gasteiger charge is 2.65. The number of fused-ring (bicyclic) bond motifs is 5. The monoisotopic (exact) mass is 609 g/mol. The minimum atomic E-state index is -2.17. The summed E-state index contributed by atoms with van der Waals surface area (Å²) in [6.45, 7) is 11.8. The number of hydrogen-bond acceptors (Lipinski definition) is 8. The van der Waals surface area contributed by atoms with Crippen molar-refractivity contribution in [3.05, 3.63) is 0 Å². The molecule has 43 heavy (non-hydrogen) atoms. The van der Waals surface area contributed by atoms with Gasteiger partial charge in [0.05, 0.1) is 18.3 Å². The summed E-state index contributed by atoms with van der Waals surface area (Å²) in [7, 11) is 0. The van der Waals surface area contributed by atoms with Crippen molar-refractivity contribution in [2.75, 3.05) is 26.2 Å². The molecule has 4 aliphatic rings. The van der Waals surface area contributed by atoms with Gasteiger partial charge in [-0.05, 0) is 156 Å². The Balaban J connectivity index is 1.35. The first-order valence-corrected chi connectivity index (χ1v) is 17.4. The fourth-order valence-corrected chi connectivity index (χ4v) is 10.4. The van der Waals surface area contributed by atoms with Gasteiger partial charge < -0.3 is 41.9 Å². The fraction of sp³-hybridized carbons (Fsp3) is 0.971. The Kier molecular flexibility index (Phi) is 11.7. The highest BCUT2D eigenvalue weighted by atomic mass is 16.4. The summed E-state index contributed by atoms with van der Waals surface area (Å²) >= 11 is 0. The van der Waals surface area contributed by atoms with Gasteiger partial charge in [0.15, 0.2) is 5.60 Å². The van der Waals surface area contributed by atoms with E-state index in [4.69, 9.17) is 5.73 Å². The van der Waals surface area contributed by atoms with Gasteiger partial charge in [-0.1, -0.05) is 20.8 Å². The topological polar surface area (TPSA) is 168 Å². The molecule has 250 valence electrons. The van der Waals surface area contributed by atoms with E-state index in [0.717, 1.165) is 97.3 Å². The first-order chi connectivity index (χ1) is 20.3. The van der Waals surface area contributed by atoms with E-state index in [1.807, 2.05) is 0 Å². The number of carboxylic acids is 1. The molecule has 0 saturated heterocycles. The van der Waals surface area contributed by atoms with Crippen LogP contribution in [0.3, 0.4) is 0 Å². The molecule has 0 aromatic heterocycles. The molecule has 4 fully saturated rings. The zero-order valence-corrected chi connectivity index (χ0v) is 27.3. The van der Waals surface area contributed by atoms with Crippen LogP contribution in [0.25, 0.3) is 0 Å². The molecule has 13 atom stereocenters. The van der Waals surface area contributed by atoms with Gasteiger partial charge in [-0.15, -0.1) is 0 Å². The lowest BCUT2D eigenvalue weighted by Crippen LogP contribution is -2.62. The third-order valence-corrected chi connectivity index (χ3v) is 13.3. The summed E-state index contributed by atoms with van der Waals surface area (Å²) in [4.78, 5) is 11.4. The van der Waals surface area contributed by atoms with Crippen molar-refractivity contribution >= 4 is 5.97 Å². The van der Waals surface area contributed by atoms with E-state index >= 15 is 0 Å². The Morgan fingerprint density at radius 2 is 1.72 bits per heavy atom. The molecule has 9 heteroatoms. The normalized spacial score (nSPS) is 41.9. The van der Waals surface area contributed by atoms with Crippen LogP contribution >= 0.6 is 0 Å². The smallest absolute Gasteiger partial charge is 0.338 e. The molecule has 4 rings (SSSR count). The highest BCUT2D eigenvalue weighted by Crippen LogP contribution is 2.68. The van der Waals surface area contributed by atoms with Gasteiger partial charge in [0.1, 0.15) is 0 Å². The van der Waals surface area contributed by atoms with Gasteiger partial charge in [-0.3, -0.25) is 0 Å². The second-order valence-corrected chi connectivity index (χ2v) is 15.6. The molecule has 0 aromatic rings. The van der Waals surface area contributed by atoms with Crippen LogP contribution in [0.15, 0.2) is 0 Å². The number of carbonyl (C=O) groups is 1. The molecule has 9 N–H and O–H groups in total. The van der Waals surface area contributed by atoms with Gasteiger partial charge in [0.2, 0.25) is 0 Å². The molecule has 9 nitrogen and oxygen atoms in total. The molecule has 0 heterocycles. The standard InChI is InChI=1S/C34H63N3O6/c1-21(8-11-28(39)34(4,43)31(41)42)24-9-10-25-30-26(20-29(40)33(24,25)3)32(2)13-12-23(18-22(32)19-27(30)38)37-17-7-16-36-15-6-5-14-35/h21-30,36-40,43H,5-20,35H2,1-4H3,(H,41,42)/t21-,22-,23+,24-,25?,26?,27-,28?,29?,30?,32+,33-,34?/m1/s1. The number of nitrogens with one attached hydrogen (secondary N) is 2. The van der Waals surface area contributed by atoms with E-state index in [1.165, 1.54) is 0 Å². The maximum absolute atomic E-state index is 11.9. The van der Waals surface area contributed by atoms with Gasteiger partial charge in [-0.2, -0.15) is 0 Å². The van der Waals surface area contributed by atoms with Crippen molar-refractivity contribution in [1.82, 2.24) is 10.6 Å². The van der Waals surface area contributed by atoms with Crippen molar-refractivity contribution in [1.29, 1.82) is 0 Å². The Labute approximate surface area is 259 Å². The number of nitrogens with two attached hydrogens (primary N) is 1. The van der Waals surface area contributed by atoms with Crippen LogP contribution in [0, 0.1) is 46.3 Å². The molecular weight excluding hydrogens is 546 g/mol. The Bertz CT molecular complexity index is 921. The number of unbranched alkanes of at least 4 members (excludes halogenated alkanes) is 1. The SMILES string of the molecule is C[C@H](CCC(O)C(C)(O)C(=O)O)[C@H]1CCC2C3C(CC(O)[C@@]21C)[C@@]1(C)CC[C@H](NCCCNCCCCN)C[C@@H]1C[C@H]3O. The maximum atomic E-state index is 11.9. The van der Waals surface area contributed by atoms with Gasteiger partial charge in [-0.25, -0.2) is 4.79 Å². The second-order valence-electron chi connectivity index (χ2n) is 15.6. The Morgan fingerprint density at radius 1 is 1.00 bits per heavy atom. The number of aliphatic hydroxyl groups excluding tert-OH is 3. The minimum absolute atomic E-state index is 0.130. The van der Waals surface area contributed by atoms with E-state index in [0.29, 0.717) is 24.3 Å². The van der Waals surface area contributed by atoms with Crippen molar-refractivity contribution in [2.24, 2.45) is 52.1 Å². The Morgan fingerprint density at radius 3 is 2.42 bits per heavy atom. The lowest BCUT2D eigenvalue weighted by molar-refractivity contribution is -0.202. The fourth-order valence-electron chi connectivity index (χ4n) is 10.4. The van der Waals surface area contributed by atoms with Crippen molar-refractivity contribution in [3.63, 3.8) is 0 Å². The first-order valence-electron chi connectivity index (χ1n) is 17.4. The summed E-state index contributed by atoms with van der Waals surface area (Å²) < 4.78 is 0. The van der Waals surface area contributed by atoms with Crippen LogP contribution in [0.1, 0.15) is 105 Å². The number of aliphatic carboxylic acids is 1. The molecule has 0 aliphatic heterocycles. The zero-order valence-electron chi connectivity index (χ0n) is 27.3. The molecular formula is C34H63N3O6. The summed E-state index contributed by atoms with van der Waals surface area (Å²) in [5.74, 6) is 0.187. The molecule has 4 aliphatic carbocycles. The van der Waals surface area contributed by atoms with E-state index in [-0.39, 0.29) is 47.0 Å². The maximum Gasteiger partial charge on any atom is 0.338 e. The minimum Gasteiger partial charge on any atom is -0.479 e. The average molecular weight is 610 g/mol. The molecule has 0 amide bonds. The van der Waals surface area contributed by atoms with Gasteiger partial charge in [0.25, 0.3) is 0 Å². The number of rotatable bonds is 15. The van der Waals surface area contributed by atoms with Crippen molar-refractivity contribution in [2.45, 2.75) is 135 Å². The third-order valence-electron chi connectivity index (χ3n) is 13.3. The van der Waals surface area contributed by atoms with Gasteiger partial charge >= 0.3 is 5.97 Å². The van der Waals surface area contributed by atoms with Crippen LogP contribution in [0.4, 0.5) is 0 Å².